The number of carbonyl (C=O) groups excluding carboxylic acids is 1. The minimum atomic E-state index is -0.0502. The molecule has 110 valence electrons. The standard InChI is InChI=1S/C16H24N2O2/c1-12(11-13-6-8-14(20-2)9-7-13)18-15-5-3-4-10-17-16(15)19/h6-9,12,15,18H,3-5,10-11H2,1-2H3,(H,17,19)/t12-,15-/m0/s1. The van der Waals surface area contributed by atoms with E-state index in [0.29, 0.717) is 0 Å². The zero-order valence-corrected chi connectivity index (χ0v) is 12.3. The molecule has 0 spiro atoms. The van der Waals surface area contributed by atoms with Crippen LogP contribution in [0, 0.1) is 0 Å². The highest BCUT2D eigenvalue weighted by Gasteiger charge is 2.21. The zero-order chi connectivity index (χ0) is 14.4. The quantitative estimate of drug-likeness (QED) is 0.863. The van der Waals surface area contributed by atoms with Crippen molar-refractivity contribution in [1.82, 2.24) is 10.6 Å². The Bertz CT molecular complexity index is 431. The van der Waals surface area contributed by atoms with Crippen LogP contribution < -0.4 is 15.4 Å². The van der Waals surface area contributed by atoms with Gasteiger partial charge in [0, 0.05) is 12.6 Å². The maximum absolute atomic E-state index is 11.9. The Balaban J connectivity index is 1.87. The van der Waals surface area contributed by atoms with E-state index >= 15 is 0 Å². The van der Waals surface area contributed by atoms with Gasteiger partial charge in [-0.2, -0.15) is 0 Å². The molecule has 0 aromatic heterocycles. The highest BCUT2D eigenvalue weighted by atomic mass is 16.5. The van der Waals surface area contributed by atoms with Crippen molar-refractivity contribution in [2.45, 2.75) is 44.7 Å². The Hall–Kier alpha value is -1.55. The smallest absolute Gasteiger partial charge is 0.237 e. The summed E-state index contributed by atoms with van der Waals surface area (Å²) in [6.07, 6.45) is 4.02. The van der Waals surface area contributed by atoms with Gasteiger partial charge in [-0.05, 0) is 50.3 Å². The van der Waals surface area contributed by atoms with Crippen LogP contribution in [0.3, 0.4) is 0 Å². The Morgan fingerprint density at radius 1 is 1.35 bits per heavy atom. The van der Waals surface area contributed by atoms with E-state index in [9.17, 15) is 4.79 Å². The van der Waals surface area contributed by atoms with Gasteiger partial charge in [-0.15, -0.1) is 0 Å². The second kappa shape index (κ2) is 7.29. The van der Waals surface area contributed by atoms with Crippen molar-refractivity contribution in [1.29, 1.82) is 0 Å². The van der Waals surface area contributed by atoms with Gasteiger partial charge in [-0.25, -0.2) is 0 Å². The molecule has 1 saturated heterocycles. The lowest BCUT2D eigenvalue weighted by Crippen LogP contribution is -2.47. The van der Waals surface area contributed by atoms with E-state index in [1.165, 1.54) is 5.56 Å². The molecule has 1 aromatic carbocycles. The predicted molar refractivity (Wildman–Crippen MR) is 79.9 cm³/mol. The van der Waals surface area contributed by atoms with Crippen LogP contribution in [0.25, 0.3) is 0 Å². The molecule has 4 heteroatoms. The summed E-state index contributed by atoms with van der Waals surface area (Å²) < 4.78 is 5.16. The minimum absolute atomic E-state index is 0.0502. The van der Waals surface area contributed by atoms with Crippen molar-refractivity contribution in [3.8, 4) is 5.75 Å². The summed E-state index contributed by atoms with van der Waals surface area (Å²) >= 11 is 0. The van der Waals surface area contributed by atoms with Crippen LogP contribution in [0.15, 0.2) is 24.3 Å². The summed E-state index contributed by atoms with van der Waals surface area (Å²) in [6, 6.07) is 8.32. The summed E-state index contributed by atoms with van der Waals surface area (Å²) in [6.45, 7) is 2.94. The van der Waals surface area contributed by atoms with Crippen molar-refractivity contribution >= 4 is 5.91 Å². The Morgan fingerprint density at radius 3 is 2.80 bits per heavy atom. The molecule has 0 bridgehead atoms. The number of rotatable bonds is 5. The zero-order valence-electron chi connectivity index (χ0n) is 12.3. The monoisotopic (exact) mass is 276 g/mol. The average Bonchev–Trinajstić information content (AvgIpc) is 2.65. The van der Waals surface area contributed by atoms with E-state index in [0.717, 1.165) is 38.0 Å². The summed E-state index contributed by atoms with van der Waals surface area (Å²) in [5.41, 5.74) is 1.25. The summed E-state index contributed by atoms with van der Waals surface area (Å²) in [7, 11) is 1.67. The van der Waals surface area contributed by atoms with E-state index in [4.69, 9.17) is 4.74 Å². The first-order chi connectivity index (χ1) is 9.69. The molecule has 1 aliphatic rings. The molecule has 4 nitrogen and oxygen atoms in total. The minimum Gasteiger partial charge on any atom is -0.497 e. The van der Waals surface area contributed by atoms with Gasteiger partial charge in [-0.3, -0.25) is 4.79 Å². The van der Waals surface area contributed by atoms with Gasteiger partial charge >= 0.3 is 0 Å². The van der Waals surface area contributed by atoms with Gasteiger partial charge in [0.2, 0.25) is 5.91 Å². The van der Waals surface area contributed by atoms with Crippen LogP contribution in [0.1, 0.15) is 31.7 Å². The molecule has 2 N–H and O–H groups in total. The van der Waals surface area contributed by atoms with Gasteiger partial charge in [0.1, 0.15) is 5.75 Å². The fraction of sp³-hybridized carbons (Fsp3) is 0.562. The van der Waals surface area contributed by atoms with E-state index in [-0.39, 0.29) is 18.0 Å². The molecule has 1 fully saturated rings. The largest absolute Gasteiger partial charge is 0.497 e. The van der Waals surface area contributed by atoms with Gasteiger partial charge in [-0.1, -0.05) is 12.1 Å². The van der Waals surface area contributed by atoms with Crippen molar-refractivity contribution in [2.24, 2.45) is 0 Å². The summed E-state index contributed by atoms with van der Waals surface area (Å²) in [5.74, 6) is 1.02. The van der Waals surface area contributed by atoms with E-state index in [2.05, 4.69) is 29.7 Å². The van der Waals surface area contributed by atoms with Crippen molar-refractivity contribution in [2.75, 3.05) is 13.7 Å². The van der Waals surface area contributed by atoms with Crippen LogP contribution in [0.4, 0.5) is 0 Å². The molecule has 1 heterocycles. The lowest BCUT2D eigenvalue weighted by atomic mass is 10.0. The van der Waals surface area contributed by atoms with Crippen LogP contribution in [-0.2, 0) is 11.2 Å². The van der Waals surface area contributed by atoms with E-state index < -0.39 is 0 Å². The summed E-state index contributed by atoms with van der Waals surface area (Å²) in [4.78, 5) is 11.9. The van der Waals surface area contributed by atoms with Crippen LogP contribution in [0.2, 0.25) is 0 Å². The molecule has 20 heavy (non-hydrogen) atoms. The number of nitrogens with one attached hydrogen (secondary N) is 2. The van der Waals surface area contributed by atoms with Crippen LogP contribution in [0.5, 0.6) is 5.75 Å². The van der Waals surface area contributed by atoms with Gasteiger partial charge in [0.15, 0.2) is 0 Å². The van der Waals surface area contributed by atoms with Gasteiger partial charge in [0.05, 0.1) is 13.2 Å². The Labute approximate surface area is 120 Å². The van der Waals surface area contributed by atoms with Crippen molar-refractivity contribution in [3.05, 3.63) is 29.8 Å². The number of benzene rings is 1. The number of hydrogen-bond donors (Lipinski definition) is 2. The lowest BCUT2D eigenvalue weighted by Gasteiger charge is -2.21. The number of carbonyl (C=O) groups is 1. The SMILES string of the molecule is COc1ccc(C[C@H](C)N[C@H]2CCCCNC2=O)cc1. The third-order valence-electron chi connectivity index (χ3n) is 3.72. The molecule has 1 aromatic rings. The number of methoxy groups -OCH3 is 1. The first-order valence-electron chi connectivity index (χ1n) is 7.35. The molecular weight excluding hydrogens is 252 g/mol. The Kier molecular flexibility index (Phi) is 5.41. The van der Waals surface area contributed by atoms with Gasteiger partial charge in [0.25, 0.3) is 0 Å². The maximum Gasteiger partial charge on any atom is 0.237 e. The lowest BCUT2D eigenvalue weighted by molar-refractivity contribution is -0.123. The normalized spacial score (nSPS) is 20.9. The molecule has 0 aliphatic carbocycles. The van der Waals surface area contributed by atoms with Crippen molar-refractivity contribution < 1.29 is 9.53 Å². The van der Waals surface area contributed by atoms with Crippen LogP contribution in [-0.4, -0.2) is 31.6 Å². The summed E-state index contributed by atoms with van der Waals surface area (Å²) in [5, 5.41) is 6.40. The molecule has 2 atom stereocenters. The molecule has 1 aliphatic heterocycles. The molecule has 2 rings (SSSR count). The Morgan fingerprint density at radius 2 is 2.10 bits per heavy atom. The second-order valence-corrected chi connectivity index (χ2v) is 5.46. The van der Waals surface area contributed by atoms with Gasteiger partial charge < -0.3 is 15.4 Å². The second-order valence-electron chi connectivity index (χ2n) is 5.46. The molecule has 1 amide bonds. The fourth-order valence-electron chi connectivity index (χ4n) is 2.62. The fourth-order valence-corrected chi connectivity index (χ4v) is 2.62. The third-order valence-corrected chi connectivity index (χ3v) is 3.72. The van der Waals surface area contributed by atoms with Crippen molar-refractivity contribution in [3.63, 3.8) is 0 Å². The number of hydrogen-bond acceptors (Lipinski definition) is 3. The molecule has 0 unspecified atom stereocenters. The molecule has 0 radical (unpaired) electrons. The third kappa shape index (κ3) is 4.23. The first-order valence-corrected chi connectivity index (χ1v) is 7.35. The predicted octanol–water partition coefficient (Wildman–Crippen LogP) is 1.88. The number of ether oxygens (including phenoxy) is 1. The molecular formula is C16H24N2O2. The number of amides is 1. The van der Waals surface area contributed by atoms with Crippen LogP contribution >= 0.6 is 0 Å². The first kappa shape index (κ1) is 14.9. The maximum atomic E-state index is 11.9. The average molecular weight is 276 g/mol. The van der Waals surface area contributed by atoms with E-state index in [1.807, 2.05) is 12.1 Å². The molecule has 0 saturated carbocycles. The highest BCUT2D eigenvalue weighted by Crippen LogP contribution is 2.13. The highest BCUT2D eigenvalue weighted by molar-refractivity contribution is 5.81. The topological polar surface area (TPSA) is 50.4 Å². The van der Waals surface area contributed by atoms with E-state index in [1.54, 1.807) is 7.11 Å².